The van der Waals surface area contributed by atoms with E-state index in [4.69, 9.17) is 18.0 Å². The summed E-state index contributed by atoms with van der Waals surface area (Å²) in [5.74, 6) is 3.11. The van der Waals surface area contributed by atoms with E-state index in [9.17, 15) is 4.79 Å². The Hall–Kier alpha value is -1.84. The van der Waals surface area contributed by atoms with E-state index in [0.717, 1.165) is 32.0 Å². The van der Waals surface area contributed by atoms with Crippen LogP contribution in [0.5, 0.6) is 0 Å². The van der Waals surface area contributed by atoms with Gasteiger partial charge in [0, 0.05) is 26.2 Å². The maximum Gasteiger partial charge on any atom is 0.234 e. The highest BCUT2D eigenvalue weighted by molar-refractivity contribution is 6.29. The van der Waals surface area contributed by atoms with Crippen LogP contribution in [0.25, 0.3) is 0 Å². The van der Waals surface area contributed by atoms with Crippen LogP contribution in [0.1, 0.15) is 0 Å². The number of anilines is 1. The Kier molecular flexibility index (Phi) is 5.16. The van der Waals surface area contributed by atoms with Gasteiger partial charge in [0.2, 0.25) is 5.91 Å². The zero-order valence-electron chi connectivity index (χ0n) is 11.0. The zero-order chi connectivity index (χ0) is 14.4. The Morgan fingerprint density at radius 3 is 2.80 bits per heavy atom. The van der Waals surface area contributed by atoms with Gasteiger partial charge in [-0.15, -0.1) is 6.42 Å². The van der Waals surface area contributed by atoms with Crippen LogP contribution in [-0.2, 0) is 4.79 Å². The molecule has 7 heteroatoms. The molecule has 0 unspecified atom stereocenters. The number of piperazine rings is 1. The first kappa shape index (κ1) is 14.6. The number of aromatic nitrogens is 2. The Labute approximate surface area is 123 Å². The molecule has 1 aromatic rings. The molecule has 1 amide bonds. The molecule has 1 aliphatic rings. The highest BCUT2D eigenvalue weighted by Gasteiger charge is 2.19. The first-order valence-electron chi connectivity index (χ1n) is 6.34. The summed E-state index contributed by atoms with van der Waals surface area (Å²) in [6.45, 7) is 3.80. The van der Waals surface area contributed by atoms with Gasteiger partial charge in [0.05, 0.1) is 25.5 Å². The van der Waals surface area contributed by atoms with E-state index in [1.54, 1.807) is 6.20 Å². The van der Waals surface area contributed by atoms with Crippen molar-refractivity contribution in [3.8, 4) is 12.3 Å². The van der Waals surface area contributed by atoms with Crippen molar-refractivity contribution in [1.82, 2.24) is 20.2 Å². The third-order valence-electron chi connectivity index (χ3n) is 3.04. The number of halogens is 1. The molecule has 0 spiro atoms. The first-order valence-corrected chi connectivity index (χ1v) is 6.72. The molecule has 2 rings (SSSR count). The molecule has 0 saturated carbocycles. The van der Waals surface area contributed by atoms with Crippen molar-refractivity contribution in [2.45, 2.75) is 0 Å². The topological polar surface area (TPSA) is 61.4 Å². The largest absolute Gasteiger partial charge is 0.353 e. The fourth-order valence-corrected chi connectivity index (χ4v) is 2.17. The highest BCUT2D eigenvalue weighted by atomic mass is 35.5. The van der Waals surface area contributed by atoms with Crippen LogP contribution in [0.2, 0.25) is 5.15 Å². The second-order valence-electron chi connectivity index (χ2n) is 4.44. The molecule has 106 valence electrons. The fourth-order valence-electron chi connectivity index (χ4n) is 2.03. The van der Waals surface area contributed by atoms with Crippen LogP contribution in [0, 0.1) is 12.3 Å². The van der Waals surface area contributed by atoms with E-state index >= 15 is 0 Å². The number of hydrogen-bond acceptors (Lipinski definition) is 5. The van der Waals surface area contributed by atoms with Gasteiger partial charge >= 0.3 is 0 Å². The van der Waals surface area contributed by atoms with Gasteiger partial charge in [-0.25, -0.2) is 4.98 Å². The molecule has 1 fully saturated rings. The molecule has 1 saturated heterocycles. The lowest BCUT2D eigenvalue weighted by molar-refractivity contribution is -0.122. The van der Waals surface area contributed by atoms with Crippen LogP contribution >= 0.6 is 11.6 Å². The predicted molar refractivity (Wildman–Crippen MR) is 77.5 cm³/mol. The molecular formula is C13H16ClN5O. The van der Waals surface area contributed by atoms with E-state index in [-0.39, 0.29) is 12.5 Å². The standard InChI is InChI=1S/C13H16ClN5O/c1-2-3-16-13(20)10-18-4-6-19(7-5-18)12-9-15-8-11(14)17-12/h1,8-9H,3-7,10H2,(H,16,20). The Morgan fingerprint density at radius 2 is 2.15 bits per heavy atom. The minimum absolute atomic E-state index is 0.0426. The van der Waals surface area contributed by atoms with Crippen LogP contribution in [-0.4, -0.2) is 60.0 Å². The quantitative estimate of drug-likeness (QED) is 0.792. The number of nitrogens with zero attached hydrogens (tertiary/aromatic N) is 4. The summed E-state index contributed by atoms with van der Waals surface area (Å²) in [5.41, 5.74) is 0. The number of carbonyl (C=O) groups is 1. The van der Waals surface area contributed by atoms with Gasteiger partial charge in [0.15, 0.2) is 0 Å². The molecule has 6 nitrogen and oxygen atoms in total. The van der Waals surface area contributed by atoms with Gasteiger partial charge < -0.3 is 10.2 Å². The average molecular weight is 294 g/mol. The molecule has 2 heterocycles. The van der Waals surface area contributed by atoms with E-state index in [1.807, 2.05) is 0 Å². The van der Waals surface area contributed by atoms with E-state index in [2.05, 4.69) is 31.0 Å². The lowest BCUT2D eigenvalue weighted by atomic mass is 10.3. The van der Waals surface area contributed by atoms with Crippen molar-refractivity contribution in [3.63, 3.8) is 0 Å². The minimum atomic E-state index is -0.0426. The fraction of sp³-hybridized carbons (Fsp3) is 0.462. The van der Waals surface area contributed by atoms with Crippen molar-refractivity contribution in [2.75, 3.05) is 44.2 Å². The number of nitrogens with one attached hydrogen (secondary N) is 1. The van der Waals surface area contributed by atoms with Gasteiger partial charge in [0.25, 0.3) is 0 Å². The SMILES string of the molecule is C#CCNC(=O)CN1CCN(c2cncc(Cl)n2)CC1. The smallest absolute Gasteiger partial charge is 0.234 e. The van der Waals surface area contributed by atoms with Gasteiger partial charge in [-0.1, -0.05) is 17.5 Å². The molecule has 1 N–H and O–H groups in total. The highest BCUT2D eigenvalue weighted by Crippen LogP contribution is 2.14. The molecule has 0 aliphatic carbocycles. The first-order chi connectivity index (χ1) is 9.69. The summed E-state index contributed by atoms with van der Waals surface area (Å²) in [7, 11) is 0. The Morgan fingerprint density at radius 1 is 1.40 bits per heavy atom. The summed E-state index contributed by atoms with van der Waals surface area (Å²) in [5, 5.41) is 3.05. The third kappa shape index (κ3) is 4.08. The second-order valence-corrected chi connectivity index (χ2v) is 4.83. The van der Waals surface area contributed by atoms with E-state index in [1.165, 1.54) is 6.20 Å². The molecule has 1 aromatic heterocycles. The van der Waals surface area contributed by atoms with E-state index in [0.29, 0.717) is 11.7 Å². The molecule has 0 radical (unpaired) electrons. The van der Waals surface area contributed by atoms with Crippen LogP contribution in [0.3, 0.4) is 0 Å². The Balaban J connectivity index is 1.81. The van der Waals surface area contributed by atoms with Crippen molar-refractivity contribution >= 4 is 23.3 Å². The van der Waals surface area contributed by atoms with E-state index < -0.39 is 0 Å². The monoisotopic (exact) mass is 293 g/mol. The summed E-state index contributed by atoms with van der Waals surface area (Å²) < 4.78 is 0. The van der Waals surface area contributed by atoms with Crippen molar-refractivity contribution < 1.29 is 4.79 Å². The summed E-state index contributed by atoms with van der Waals surface area (Å²) in [6.07, 6.45) is 8.30. The molecule has 0 bridgehead atoms. The molecule has 1 aliphatic heterocycles. The van der Waals surface area contributed by atoms with Gasteiger partial charge in [-0.2, -0.15) is 0 Å². The summed E-state index contributed by atoms with van der Waals surface area (Å²) in [6, 6.07) is 0. The molecule has 0 atom stereocenters. The lowest BCUT2D eigenvalue weighted by Gasteiger charge is -2.34. The number of amides is 1. The minimum Gasteiger partial charge on any atom is -0.353 e. The maximum absolute atomic E-state index is 11.6. The average Bonchev–Trinajstić information content (AvgIpc) is 2.46. The molecular weight excluding hydrogens is 278 g/mol. The molecule has 0 aromatic carbocycles. The van der Waals surface area contributed by atoms with Gasteiger partial charge in [-0.05, 0) is 0 Å². The number of hydrogen-bond donors (Lipinski definition) is 1. The van der Waals surface area contributed by atoms with Crippen molar-refractivity contribution in [1.29, 1.82) is 0 Å². The Bertz CT molecular complexity index is 508. The summed E-state index contributed by atoms with van der Waals surface area (Å²) in [4.78, 5) is 24.0. The van der Waals surface area contributed by atoms with Gasteiger partial charge in [0.1, 0.15) is 11.0 Å². The maximum atomic E-state index is 11.6. The zero-order valence-corrected chi connectivity index (χ0v) is 11.8. The molecule has 20 heavy (non-hydrogen) atoms. The van der Waals surface area contributed by atoms with Crippen molar-refractivity contribution in [2.24, 2.45) is 0 Å². The number of rotatable bonds is 4. The van der Waals surface area contributed by atoms with Crippen LogP contribution in [0.15, 0.2) is 12.4 Å². The number of terminal acetylenes is 1. The third-order valence-corrected chi connectivity index (χ3v) is 3.23. The second kappa shape index (κ2) is 7.08. The predicted octanol–water partition coefficient (Wildman–Crippen LogP) is 0.00140. The van der Waals surface area contributed by atoms with Crippen LogP contribution in [0.4, 0.5) is 5.82 Å². The lowest BCUT2D eigenvalue weighted by Crippen LogP contribution is -2.49. The summed E-state index contributed by atoms with van der Waals surface area (Å²) >= 11 is 5.83. The normalized spacial score (nSPS) is 15.7. The number of carbonyl (C=O) groups excluding carboxylic acids is 1. The van der Waals surface area contributed by atoms with Crippen molar-refractivity contribution in [3.05, 3.63) is 17.5 Å². The van der Waals surface area contributed by atoms with Crippen LogP contribution < -0.4 is 10.2 Å². The van der Waals surface area contributed by atoms with Gasteiger partial charge in [-0.3, -0.25) is 14.7 Å².